The van der Waals surface area contributed by atoms with E-state index in [0.29, 0.717) is 18.2 Å². The first-order chi connectivity index (χ1) is 20.8. The predicted octanol–water partition coefficient (Wildman–Crippen LogP) is 3.52. The summed E-state index contributed by atoms with van der Waals surface area (Å²) in [5.74, 6) is 0.508. The van der Waals surface area contributed by atoms with E-state index >= 15 is 0 Å². The highest BCUT2D eigenvalue weighted by atomic mass is 32.2. The molecular weight excluding hydrogens is 584 g/mol. The number of esters is 2. The van der Waals surface area contributed by atoms with Gasteiger partial charge in [0, 0.05) is 49.6 Å². The number of pyridine rings is 1. The maximum Gasteiger partial charge on any atom is 0.311 e. The molecule has 0 bridgehead atoms. The van der Waals surface area contributed by atoms with Crippen molar-refractivity contribution in [2.75, 3.05) is 60.3 Å². The van der Waals surface area contributed by atoms with Crippen molar-refractivity contribution < 1.29 is 27.5 Å². The number of fused-ring (bicyclic) bond motifs is 1. The van der Waals surface area contributed by atoms with E-state index in [-0.39, 0.29) is 25.3 Å². The normalized spacial score (nSPS) is 16.4. The van der Waals surface area contributed by atoms with Crippen LogP contribution >= 0.6 is 0 Å². The molecule has 44 heavy (non-hydrogen) atoms. The Labute approximate surface area is 260 Å². The Balaban J connectivity index is 1.41. The van der Waals surface area contributed by atoms with Gasteiger partial charge in [-0.05, 0) is 64.5 Å². The van der Waals surface area contributed by atoms with Crippen LogP contribution in [0.15, 0.2) is 18.5 Å². The third kappa shape index (κ3) is 9.51. The number of piperidine rings is 1. The summed E-state index contributed by atoms with van der Waals surface area (Å²) < 4.78 is 33.5. The molecule has 0 radical (unpaired) electrons. The van der Waals surface area contributed by atoms with Gasteiger partial charge in [-0.3, -0.25) is 9.59 Å². The van der Waals surface area contributed by atoms with Crippen LogP contribution in [0.5, 0.6) is 0 Å². The third-order valence-electron chi connectivity index (χ3n) is 7.79. The van der Waals surface area contributed by atoms with Crippen molar-refractivity contribution >= 4 is 39.2 Å². The molecule has 0 spiro atoms. The van der Waals surface area contributed by atoms with Gasteiger partial charge < -0.3 is 25.0 Å². The average molecular weight is 631 g/mol. The summed E-state index contributed by atoms with van der Waals surface area (Å²) in [5.41, 5.74) is 2.62. The smallest absolute Gasteiger partial charge is 0.311 e. The van der Waals surface area contributed by atoms with Crippen molar-refractivity contribution in [3.05, 3.63) is 35.3 Å². The zero-order chi connectivity index (χ0) is 31.9. The van der Waals surface area contributed by atoms with Gasteiger partial charge in [-0.1, -0.05) is 13.0 Å². The summed E-state index contributed by atoms with van der Waals surface area (Å²) >= 11 is 0. The Kier molecular flexibility index (Phi) is 11.0. The minimum Gasteiger partial charge on any atom is -0.465 e. The Bertz CT molecular complexity index is 1420. The first-order valence-corrected chi connectivity index (χ1v) is 17.5. The fraction of sp³-hybridized carbons (Fsp3) is 0.645. The highest BCUT2D eigenvalue weighted by Crippen LogP contribution is 2.33. The van der Waals surface area contributed by atoms with Crippen LogP contribution in [0.25, 0.3) is 0 Å². The van der Waals surface area contributed by atoms with Gasteiger partial charge in [0.15, 0.2) is 9.84 Å². The summed E-state index contributed by atoms with van der Waals surface area (Å²) in [4.78, 5) is 41.9. The molecule has 0 saturated carbocycles. The van der Waals surface area contributed by atoms with E-state index in [1.807, 2.05) is 6.92 Å². The van der Waals surface area contributed by atoms with Crippen molar-refractivity contribution in [1.82, 2.24) is 15.0 Å². The van der Waals surface area contributed by atoms with E-state index in [2.05, 4.69) is 37.6 Å². The van der Waals surface area contributed by atoms with E-state index in [1.54, 1.807) is 20.8 Å². The van der Waals surface area contributed by atoms with Crippen molar-refractivity contribution in [3.63, 3.8) is 0 Å². The van der Waals surface area contributed by atoms with Crippen molar-refractivity contribution in [1.29, 1.82) is 0 Å². The van der Waals surface area contributed by atoms with Gasteiger partial charge in [0.2, 0.25) is 0 Å². The quantitative estimate of drug-likeness (QED) is 0.330. The van der Waals surface area contributed by atoms with Crippen molar-refractivity contribution in [3.8, 4) is 0 Å². The molecule has 2 aliphatic rings. The van der Waals surface area contributed by atoms with Crippen LogP contribution in [0, 0.1) is 5.92 Å². The lowest BCUT2D eigenvalue weighted by Crippen LogP contribution is -2.35. The Morgan fingerprint density at radius 1 is 1.18 bits per heavy atom. The highest BCUT2D eigenvalue weighted by molar-refractivity contribution is 7.90. The Morgan fingerprint density at radius 2 is 1.93 bits per heavy atom. The maximum atomic E-state index is 13.0. The van der Waals surface area contributed by atoms with E-state index in [0.717, 1.165) is 74.5 Å². The molecule has 0 aliphatic carbocycles. The molecule has 0 amide bonds. The molecule has 2 N–H and O–H groups in total. The monoisotopic (exact) mass is 630 g/mol. The van der Waals surface area contributed by atoms with Gasteiger partial charge in [0.05, 0.1) is 18.1 Å². The second kappa shape index (κ2) is 14.5. The van der Waals surface area contributed by atoms with Crippen molar-refractivity contribution in [2.45, 2.75) is 77.7 Å². The van der Waals surface area contributed by atoms with Crippen LogP contribution in [0.4, 0.5) is 17.5 Å². The number of sulfone groups is 1. The second-order valence-corrected chi connectivity index (χ2v) is 14.8. The molecule has 242 valence electrons. The molecular formula is C31H46N6O6S. The van der Waals surface area contributed by atoms with Gasteiger partial charge in [-0.15, -0.1) is 0 Å². The minimum absolute atomic E-state index is 0.0830. The molecule has 0 aromatic carbocycles. The zero-order valence-corrected chi connectivity index (χ0v) is 27.3. The lowest BCUT2D eigenvalue weighted by Gasteiger charge is -2.34. The molecule has 0 unspecified atom stereocenters. The molecule has 2 aromatic rings. The lowest BCUT2D eigenvalue weighted by atomic mass is 9.92. The van der Waals surface area contributed by atoms with Crippen LogP contribution in [0.2, 0.25) is 0 Å². The molecule has 1 fully saturated rings. The summed E-state index contributed by atoms with van der Waals surface area (Å²) in [6.45, 7) is 9.76. The van der Waals surface area contributed by atoms with Crippen molar-refractivity contribution in [2.24, 2.45) is 5.92 Å². The number of nitrogens with one attached hydrogen (secondary N) is 2. The molecule has 1 saturated heterocycles. The molecule has 4 rings (SSSR count). The van der Waals surface area contributed by atoms with E-state index in [4.69, 9.17) is 14.5 Å². The van der Waals surface area contributed by atoms with Crippen LogP contribution < -0.4 is 15.5 Å². The number of aromatic nitrogens is 3. The number of carbonyl (C=O) groups is 2. The Morgan fingerprint density at radius 3 is 2.61 bits per heavy atom. The number of aryl methyl sites for hydroxylation is 1. The number of hydrogen-bond donors (Lipinski definition) is 2. The average Bonchev–Trinajstić information content (AvgIpc) is 2.97. The first-order valence-electron chi connectivity index (χ1n) is 15.5. The van der Waals surface area contributed by atoms with Gasteiger partial charge in [0.25, 0.3) is 0 Å². The van der Waals surface area contributed by atoms with E-state index < -0.39 is 33.3 Å². The fourth-order valence-corrected chi connectivity index (χ4v) is 5.91. The highest BCUT2D eigenvalue weighted by Gasteiger charge is 2.30. The third-order valence-corrected chi connectivity index (χ3v) is 8.70. The molecule has 4 heterocycles. The standard InChI is InChI=1S/C31H46N6O6S/c1-6-24-28(33-19-23(30(39)43-31(2,3)4)18-26(38)42-16-17-44(5,40)41)34-20-35-29(24)37-14-11-21(12-15-37)25-10-9-22-8-7-13-32-27(22)36-25/h9-10,20-21,23H,6-8,11-19H2,1-5H3,(H,32,36)(H,33,34,35)/t23-/m0/s1. The number of rotatable bonds is 12. The van der Waals surface area contributed by atoms with Crippen LogP contribution in [0.3, 0.4) is 0 Å². The summed E-state index contributed by atoms with van der Waals surface area (Å²) in [6.07, 6.45) is 7.14. The number of hydrogen-bond acceptors (Lipinski definition) is 12. The molecule has 2 aliphatic heterocycles. The fourth-order valence-electron chi connectivity index (χ4n) is 5.52. The van der Waals surface area contributed by atoms with Crippen LogP contribution in [-0.2, 0) is 41.7 Å². The predicted molar refractivity (Wildman–Crippen MR) is 170 cm³/mol. The molecule has 2 aromatic heterocycles. The first kappa shape index (κ1) is 33.4. The van der Waals surface area contributed by atoms with Gasteiger partial charge >= 0.3 is 11.9 Å². The van der Waals surface area contributed by atoms with Gasteiger partial charge in [-0.2, -0.15) is 0 Å². The number of carbonyl (C=O) groups excluding carboxylic acids is 2. The largest absolute Gasteiger partial charge is 0.465 e. The number of nitrogens with zero attached hydrogens (tertiary/aromatic N) is 4. The number of anilines is 3. The molecule has 1 atom stereocenters. The molecule has 12 nitrogen and oxygen atoms in total. The SMILES string of the molecule is CCc1c(NC[C@H](CC(=O)OCCS(C)(=O)=O)C(=O)OC(C)(C)C)ncnc1N1CCC(c2ccc3c(n2)NCCC3)CC1. The number of ether oxygens (including phenoxy) is 2. The summed E-state index contributed by atoms with van der Waals surface area (Å²) in [7, 11) is -3.28. The summed E-state index contributed by atoms with van der Waals surface area (Å²) in [5, 5.41) is 6.70. The maximum absolute atomic E-state index is 13.0. The van der Waals surface area contributed by atoms with Crippen LogP contribution in [-0.4, -0.2) is 85.7 Å². The van der Waals surface area contributed by atoms with E-state index in [9.17, 15) is 18.0 Å². The lowest BCUT2D eigenvalue weighted by molar-refractivity contribution is -0.163. The van der Waals surface area contributed by atoms with Crippen LogP contribution in [0.1, 0.15) is 76.1 Å². The van der Waals surface area contributed by atoms with Gasteiger partial charge in [0.1, 0.15) is 36.0 Å². The second-order valence-electron chi connectivity index (χ2n) is 12.6. The minimum atomic E-state index is -3.28. The topological polar surface area (TPSA) is 153 Å². The Hall–Kier alpha value is -3.48. The summed E-state index contributed by atoms with van der Waals surface area (Å²) in [6, 6.07) is 4.40. The van der Waals surface area contributed by atoms with E-state index in [1.165, 1.54) is 11.9 Å². The van der Waals surface area contributed by atoms with Gasteiger partial charge in [-0.25, -0.2) is 23.4 Å². The molecule has 13 heteroatoms. The zero-order valence-electron chi connectivity index (χ0n) is 26.5.